The Kier molecular flexibility index (Phi) is 4.47. The Hall–Kier alpha value is -3.20. The molecule has 3 rings (SSSR count). The van der Waals surface area contributed by atoms with Gasteiger partial charge in [-0.2, -0.15) is 5.10 Å². The first-order valence-electron chi connectivity index (χ1n) is 8.05. The van der Waals surface area contributed by atoms with Gasteiger partial charge >= 0.3 is 5.69 Å². The number of aromatic hydroxyl groups is 1. The number of benzene rings is 1. The van der Waals surface area contributed by atoms with Crippen molar-refractivity contribution < 1.29 is 10.3 Å². The molecule has 1 aromatic carbocycles. The first-order valence-corrected chi connectivity index (χ1v) is 8.05. The number of amidine groups is 1. The van der Waals surface area contributed by atoms with Crippen molar-refractivity contribution >= 4 is 11.5 Å². The molecule has 0 fully saturated rings. The molecule has 26 heavy (non-hydrogen) atoms. The minimum absolute atomic E-state index is 0.152. The molecule has 0 radical (unpaired) electrons. The van der Waals surface area contributed by atoms with E-state index in [0.29, 0.717) is 12.0 Å². The van der Waals surface area contributed by atoms with Gasteiger partial charge in [0.2, 0.25) is 5.88 Å². The van der Waals surface area contributed by atoms with Crippen LogP contribution in [0.3, 0.4) is 0 Å². The Balaban J connectivity index is 2.32. The average molecular weight is 357 g/mol. The third kappa shape index (κ3) is 2.62. The second-order valence-electron chi connectivity index (χ2n) is 5.91. The molecule has 1 atom stereocenters. The fraction of sp³-hybridized carbons (Fsp3) is 0.294. The van der Waals surface area contributed by atoms with Gasteiger partial charge in [0.15, 0.2) is 5.84 Å². The van der Waals surface area contributed by atoms with E-state index < -0.39 is 23.2 Å². The Morgan fingerprint density at radius 3 is 2.35 bits per heavy atom. The summed E-state index contributed by atoms with van der Waals surface area (Å²) in [6.45, 7) is 1.78. The van der Waals surface area contributed by atoms with Crippen molar-refractivity contribution in [3.8, 4) is 5.88 Å². The van der Waals surface area contributed by atoms with Crippen molar-refractivity contribution in [2.75, 3.05) is 0 Å². The van der Waals surface area contributed by atoms with E-state index in [9.17, 15) is 19.9 Å². The lowest BCUT2D eigenvalue weighted by atomic mass is 9.96. The predicted octanol–water partition coefficient (Wildman–Crippen LogP) is 0.748. The third-order valence-corrected chi connectivity index (χ3v) is 4.37. The molecule has 0 bridgehead atoms. The molecule has 1 aromatic heterocycles. The van der Waals surface area contributed by atoms with Gasteiger partial charge in [-0.3, -0.25) is 19.1 Å². The molecule has 2 heterocycles. The molecule has 1 aliphatic heterocycles. The predicted molar refractivity (Wildman–Crippen MR) is 95.7 cm³/mol. The van der Waals surface area contributed by atoms with Crippen molar-refractivity contribution in [2.24, 2.45) is 24.3 Å². The second-order valence-corrected chi connectivity index (χ2v) is 5.91. The van der Waals surface area contributed by atoms with Crippen molar-refractivity contribution in [1.82, 2.24) is 14.2 Å². The molecule has 2 aromatic rings. The highest BCUT2D eigenvalue weighted by Gasteiger charge is 2.36. The zero-order chi connectivity index (χ0) is 19.0. The van der Waals surface area contributed by atoms with Crippen LogP contribution in [-0.4, -0.2) is 36.1 Å². The quantitative estimate of drug-likeness (QED) is 0.842. The molecule has 0 unspecified atom stereocenters. The fourth-order valence-electron chi connectivity index (χ4n) is 2.89. The van der Waals surface area contributed by atoms with Gasteiger partial charge in [0.1, 0.15) is 17.3 Å². The smallest absolute Gasteiger partial charge is 0.333 e. The summed E-state index contributed by atoms with van der Waals surface area (Å²) in [6.07, 6.45) is 0.366. The number of hydrogen-bond acceptors (Lipinski definition) is 7. The summed E-state index contributed by atoms with van der Waals surface area (Å²) in [4.78, 5) is 24.8. The number of aromatic nitrogens is 2. The monoisotopic (exact) mass is 357 g/mol. The van der Waals surface area contributed by atoms with Gasteiger partial charge in [-0.15, -0.1) is 5.10 Å². The van der Waals surface area contributed by atoms with E-state index in [1.54, 1.807) is 31.2 Å². The van der Waals surface area contributed by atoms with Crippen LogP contribution in [0.25, 0.3) is 0 Å². The van der Waals surface area contributed by atoms with E-state index in [4.69, 9.17) is 0 Å². The first-order chi connectivity index (χ1) is 12.4. The molecule has 0 saturated heterocycles. The summed E-state index contributed by atoms with van der Waals surface area (Å²) in [5.74, 6) is -0.284. The minimum Gasteiger partial charge on any atom is -0.494 e. The summed E-state index contributed by atoms with van der Waals surface area (Å²) < 4.78 is 1.83. The molecule has 2 N–H and O–H groups in total. The summed E-state index contributed by atoms with van der Waals surface area (Å²) in [7, 11) is 2.66. The summed E-state index contributed by atoms with van der Waals surface area (Å²) in [5.41, 5.74) is -0.613. The van der Waals surface area contributed by atoms with Crippen LogP contribution in [0, 0.1) is 0 Å². The number of nitrogens with zero attached hydrogens (tertiary/aromatic N) is 5. The first kappa shape index (κ1) is 17.6. The number of rotatable bonds is 3. The third-order valence-electron chi connectivity index (χ3n) is 4.37. The van der Waals surface area contributed by atoms with Crippen molar-refractivity contribution in [3.63, 3.8) is 0 Å². The van der Waals surface area contributed by atoms with E-state index in [1.165, 1.54) is 14.1 Å². The van der Waals surface area contributed by atoms with Crippen LogP contribution in [0.5, 0.6) is 5.88 Å². The van der Waals surface area contributed by atoms with E-state index in [2.05, 4.69) is 10.2 Å². The number of hydrogen-bond donors (Lipinski definition) is 2. The fourth-order valence-corrected chi connectivity index (χ4v) is 2.89. The van der Waals surface area contributed by atoms with Crippen LogP contribution in [0.4, 0.5) is 0 Å². The van der Waals surface area contributed by atoms with E-state index in [-0.39, 0.29) is 17.1 Å². The molecule has 0 spiro atoms. The lowest BCUT2D eigenvalue weighted by molar-refractivity contribution is -0.0388. The highest BCUT2D eigenvalue weighted by atomic mass is 16.5. The van der Waals surface area contributed by atoms with Gasteiger partial charge in [0.25, 0.3) is 5.56 Å². The highest BCUT2D eigenvalue weighted by molar-refractivity contribution is 6.08. The van der Waals surface area contributed by atoms with Gasteiger partial charge in [-0.25, -0.2) is 9.86 Å². The van der Waals surface area contributed by atoms with Crippen LogP contribution in [0.15, 0.2) is 50.1 Å². The van der Waals surface area contributed by atoms with Crippen molar-refractivity contribution in [3.05, 3.63) is 62.3 Å². The van der Waals surface area contributed by atoms with Gasteiger partial charge in [0, 0.05) is 26.1 Å². The molecule has 1 aliphatic rings. The summed E-state index contributed by atoms with van der Waals surface area (Å²) in [6, 6.07) is 7.81. The van der Waals surface area contributed by atoms with Crippen LogP contribution in [0.1, 0.15) is 30.5 Å². The Bertz CT molecular complexity index is 1020. The van der Waals surface area contributed by atoms with Crippen LogP contribution < -0.4 is 11.2 Å². The lowest BCUT2D eigenvalue weighted by Gasteiger charge is -2.31. The van der Waals surface area contributed by atoms with Crippen LogP contribution in [0.2, 0.25) is 0 Å². The van der Waals surface area contributed by atoms with Gasteiger partial charge in [-0.1, -0.05) is 37.3 Å². The van der Waals surface area contributed by atoms with E-state index in [0.717, 1.165) is 14.2 Å². The Labute approximate surface area is 148 Å². The normalized spacial score (nSPS) is 17.1. The molecule has 9 heteroatoms. The largest absolute Gasteiger partial charge is 0.494 e. The average Bonchev–Trinajstić information content (AvgIpc) is 2.66. The van der Waals surface area contributed by atoms with Crippen molar-refractivity contribution in [1.29, 1.82) is 0 Å². The molecule has 0 aliphatic carbocycles. The van der Waals surface area contributed by atoms with E-state index in [1.807, 2.05) is 6.07 Å². The van der Waals surface area contributed by atoms with Gasteiger partial charge in [0.05, 0.1) is 0 Å². The SMILES string of the molecule is CCC1=NN=C(c2ccccc2)[C@@H](c2c(O)n(C)c(=O)n(C)c2=O)N1O. The maximum absolute atomic E-state index is 12.7. The highest BCUT2D eigenvalue weighted by Crippen LogP contribution is 2.30. The molecule has 0 saturated carbocycles. The molecule has 9 nitrogen and oxygen atoms in total. The van der Waals surface area contributed by atoms with Crippen LogP contribution in [-0.2, 0) is 14.1 Å². The Morgan fingerprint density at radius 2 is 1.73 bits per heavy atom. The molecular weight excluding hydrogens is 338 g/mol. The van der Waals surface area contributed by atoms with Gasteiger partial charge < -0.3 is 5.11 Å². The van der Waals surface area contributed by atoms with Crippen LogP contribution >= 0.6 is 0 Å². The second kappa shape index (κ2) is 6.60. The topological polar surface area (TPSA) is 112 Å². The standard InChI is InChI=1S/C17H19N5O4/c1-4-11-18-19-13(10-8-6-5-7-9-10)14(22(11)26)12-15(23)20(2)17(25)21(3)16(12)24/h5-9,14,23,26H,4H2,1-3H3/t14-/m1/s1. The molecule has 0 amide bonds. The number of hydroxylamine groups is 2. The maximum atomic E-state index is 12.7. The zero-order valence-corrected chi connectivity index (χ0v) is 14.6. The van der Waals surface area contributed by atoms with Gasteiger partial charge in [-0.05, 0) is 0 Å². The Morgan fingerprint density at radius 1 is 1.08 bits per heavy atom. The molecular formula is C17H19N5O4. The maximum Gasteiger partial charge on any atom is 0.333 e. The summed E-state index contributed by atoms with van der Waals surface area (Å²) in [5, 5.41) is 30.2. The lowest BCUT2D eigenvalue weighted by Crippen LogP contribution is -2.46. The molecule has 136 valence electrons. The van der Waals surface area contributed by atoms with Crippen molar-refractivity contribution in [2.45, 2.75) is 19.4 Å². The zero-order valence-electron chi connectivity index (χ0n) is 14.6. The van der Waals surface area contributed by atoms with E-state index >= 15 is 0 Å². The minimum atomic E-state index is -1.10. The summed E-state index contributed by atoms with van der Waals surface area (Å²) >= 11 is 0.